The largest absolute Gasteiger partial charge is 0.416 e. The molecule has 1 aliphatic heterocycles. The van der Waals surface area contributed by atoms with Crippen molar-refractivity contribution < 1.29 is 22.7 Å². The molecule has 21 heavy (non-hydrogen) atoms. The van der Waals surface area contributed by atoms with Crippen molar-refractivity contribution in [3.05, 3.63) is 35.4 Å². The summed E-state index contributed by atoms with van der Waals surface area (Å²) < 4.78 is 42.6. The van der Waals surface area contributed by atoms with Crippen LogP contribution in [0, 0.1) is 0 Å². The fourth-order valence-electron chi connectivity index (χ4n) is 1.88. The Morgan fingerprint density at radius 1 is 1.33 bits per heavy atom. The molecule has 1 aromatic carbocycles. The summed E-state index contributed by atoms with van der Waals surface area (Å²) in [4.78, 5) is 11.6. The number of halogens is 3. The molecule has 2 rings (SSSR count). The van der Waals surface area contributed by atoms with Gasteiger partial charge >= 0.3 is 6.18 Å². The van der Waals surface area contributed by atoms with Crippen LogP contribution < -0.4 is 10.6 Å². The number of hydrogen-bond acceptors (Lipinski definition) is 3. The van der Waals surface area contributed by atoms with E-state index < -0.39 is 11.7 Å². The number of rotatable bonds is 5. The first-order chi connectivity index (χ1) is 9.78. The number of ether oxygens (including phenoxy) is 1. The van der Waals surface area contributed by atoms with Crippen LogP contribution in [-0.4, -0.2) is 31.2 Å². The minimum Gasteiger partial charge on any atom is -0.363 e. The summed E-state index contributed by atoms with van der Waals surface area (Å²) in [5.41, 5.74) is -0.398. The molecule has 1 heterocycles. The van der Waals surface area contributed by atoms with Crippen LogP contribution in [0.4, 0.5) is 13.2 Å². The highest BCUT2D eigenvalue weighted by Gasteiger charge is 2.33. The normalized spacial score (nSPS) is 17.1. The van der Waals surface area contributed by atoms with Crippen LogP contribution in [-0.2, 0) is 22.3 Å². The molecule has 0 radical (unpaired) electrons. The first kappa shape index (κ1) is 15.8. The molecule has 4 nitrogen and oxygen atoms in total. The van der Waals surface area contributed by atoms with Gasteiger partial charge in [-0.2, -0.15) is 13.2 Å². The predicted molar refractivity (Wildman–Crippen MR) is 70.5 cm³/mol. The van der Waals surface area contributed by atoms with Crippen molar-refractivity contribution in [2.24, 2.45) is 0 Å². The highest BCUT2D eigenvalue weighted by molar-refractivity contribution is 5.77. The van der Waals surface area contributed by atoms with Gasteiger partial charge in [0.1, 0.15) is 6.61 Å². The van der Waals surface area contributed by atoms with Crippen molar-refractivity contribution in [2.75, 3.05) is 19.7 Å². The lowest BCUT2D eigenvalue weighted by Crippen LogP contribution is -2.59. The highest BCUT2D eigenvalue weighted by atomic mass is 19.4. The first-order valence-corrected chi connectivity index (χ1v) is 6.56. The number of carbonyl (C=O) groups is 1. The molecule has 0 atom stereocenters. The predicted octanol–water partition coefficient (Wildman–Crippen LogP) is 1.70. The molecule has 1 fully saturated rings. The quantitative estimate of drug-likeness (QED) is 0.870. The van der Waals surface area contributed by atoms with Crippen LogP contribution in [0.5, 0.6) is 0 Å². The van der Waals surface area contributed by atoms with Crippen molar-refractivity contribution in [2.45, 2.75) is 25.2 Å². The summed E-state index contributed by atoms with van der Waals surface area (Å²) in [7, 11) is 0. The Balaban J connectivity index is 1.76. The molecule has 0 bridgehead atoms. The van der Waals surface area contributed by atoms with Gasteiger partial charge in [-0.1, -0.05) is 12.1 Å². The van der Waals surface area contributed by atoms with Crippen LogP contribution in [0.15, 0.2) is 24.3 Å². The number of nitrogens with one attached hydrogen (secondary N) is 2. The highest BCUT2D eigenvalue weighted by Crippen LogP contribution is 2.29. The van der Waals surface area contributed by atoms with Gasteiger partial charge in [-0.15, -0.1) is 0 Å². The zero-order chi connectivity index (χ0) is 15.5. The van der Waals surface area contributed by atoms with Gasteiger partial charge in [0.15, 0.2) is 0 Å². The first-order valence-electron chi connectivity index (χ1n) is 6.56. The van der Waals surface area contributed by atoms with E-state index in [-0.39, 0.29) is 24.7 Å². The second kappa shape index (κ2) is 6.03. The molecule has 0 aliphatic carbocycles. The molecule has 0 spiro atoms. The van der Waals surface area contributed by atoms with Crippen LogP contribution in [0.2, 0.25) is 0 Å². The molecule has 2 N–H and O–H groups in total. The Hall–Kier alpha value is -1.60. The SMILES string of the molecule is CC1(OCC(=O)NCc2ccc(C(F)(F)F)cc2)CNC1. The Morgan fingerprint density at radius 3 is 2.43 bits per heavy atom. The lowest BCUT2D eigenvalue weighted by Gasteiger charge is -2.38. The van der Waals surface area contributed by atoms with E-state index in [0.717, 1.165) is 12.1 Å². The van der Waals surface area contributed by atoms with E-state index in [9.17, 15) is 18.0 Å². The zero-order valence-electron chi connectivity index (χ0n) is 11.6. The number of alkyl halides is 3. The lowest BCUT2D eigenvalue weighted by atomic mass is 10.0. The summed E-state index contributed by atoms with van der Waals surface area (Å²) in [6.07, 6.45) is -4.35. The average Bonchev–Trinajstić information content (AvgIpc) is 2.40. The van der Waals surface area contributed by atoms with Gasteiger partial charge < -0.3 is 15.4 Å². The molecule has 7 heteroatoms. The summed E-state index contributed by atoms with van der Waals surface area (Å²) in [6, 6.07) is 4.69. The molecule has 1 aliphatic rings. The Labute approximate surface area is 120 Å². The van der Waals surface area contributed by atoms with Crippen LogP contribution in [0.1, 0.15) is 18.1 Å². The molecule has 1 aromatic rings. The van der Waals surface area contributed by atoms with E-state index in [1.54, 1.807) is 0 Å². The summed E-state index contributed by atoms with van der Waals surface area (Å²) in [6.45, 7) is 3.44. The van der Waals surface area contributed by atoms with E-state index in [2.05, 4.69) is 10.6 Å². The van der Waals surface area contributed by atoms with E-state index in [1.165, 1.54) is 12.1 Å². The van der Waals surface area contributed by atoms with Gasteiger partial charge in [0.25, 0.3) is 0 Å². The second-order valence-electron chi connectivity index (χ2n) is 5.31. The summed E-state index contributed by atoms with van der Waals surface area (Å²) in [5.74, 6) is -0.289. The fraction of sp³-hybridized carbons (Fsp3) is 0.500. The minimum absolute atomic E-state index is 0.0567. The zero-order valence-corrected chi connectivity index (χ0v) is 11.6. The topological polar surface area (TPSA) is 50.4 Å². The molecule has 0 unspecified atom stereocenters. The average molecular weight is 302 g/mol. The number of hydrogen-bond donors (Lipinski definition) is 2. The molecule has 116 valence electrons. The van der Waals surface area contributed by atoms with E-state index in [4.69, 9.17) is 4.74 Å². The molecule has 0 saturated carbocycles. The van der Waals surface area contributed by atoms with Crippen molar-refractivity contribution in [1.29, 1.82) is 0 Å². The maximum absolute atomic E-state index is 12.4. The Morgan fingerprint density at radius 2 is 1.95 bits per heavy atom. The maximum Gasteiger partial charge on any atom is 0.416 e. The molecule has 0 aromatic heterocycles. The molecular weight excluding hydrogens is 285 g/mol. The van der Waals surface area contributed by atoms with E-state index in [0.29, 0.717) is 18.7 Å². The van der Waals surface area contributed by atoms with Gasteiger partial charge in [-0.3, -0.25) is 4.79 Å². The summed E-state index contributed by atoms with van der Waals surface area (Å²) in [5, 5.41) is 5.66. The van der Waals surface area contributed by atoms with Crippen LogP contribution in [0.25, 0.3) is 0 Å². The number of amides is 1. The summed E-state index contributed by atoms with van der Waals surface area (Å²) >= 11 is 0. The van der Waals surface area contributed by atoms with Crippen molar-refractivity contribution in [3.8, 4) is 0 Å². The van der Waals surface area contributed by atoms with E-state index >= 15 is 0 Å². The number of benzene rings is 1. The Bertz CT molecular complexity index is 496. The van der Waals surface area contributed by atoms with E-state index in [1.807, 2.05) is 6.92 Å². The van der Waals surface area contributed by atoms with Crippen LogP contribution >= 0.6 is 0 Å². The molecule has 1 amide bonds. The third-order valence-corrected chi connectivity index (χ3v) is 3.32. The third kappa shape index (κ3) is 4.44. The van der Waals surface area contributed by atoms with Gasteiger partial charge in [-0.25, -0.2) is 0 Å². The smallest absolute Gasteiger partial charge is 0.363 e. The Kier molecular flexibility index (Phi) is 4.53. The monoisotopic (exact) mass is 302 g/mol. The molecule has 1 saturated heterocycles. The second-order valence-corrected chi connectivity index (χ2v) is 5.31. The van der Waals surface area contributed by atoms with Crippen molar-refractivity contribution >= 4 is 5.91 Å². The van der Waals surface area contributed by atoms with Crippen molar-refractivity contribution in [3.63, 3.8) is 0 Å². The third-order valence-electron chi connectivity index (χ3n) is 3.32. The number of carbonyl (C=O) groups excluding carboxylic acids is 1. The fourth-order valence-corrected chi connectivity index (χ4v) is 1.88. The van der Waals surface area contributed by atoms with Gasteiger partial charge in [-0.05, 0) is 24.6 Å². The van der Waals surface area contributed by atoms with Gasteiger partial charge in [0.2, 0.25) is 5.91 Å². The standard InChI is InChI=1S/C14H17F3N2O2/c1-13(8-18-9-13)21-7-12(20)19-6-10-2-4-11(5-3-10)14(15,16)17/h2-5,18H,6-9H2,1H3,(H,19,20). The van der Waals surface area contributed by atoms with Crippen LogP contribution in [0.3, 0.4) is 0 Å². The van der Waals surface area contributed by atoms with Gasteiger partial charge in [0.05, 0.1) is 11.2 Å². The van der Waals surface area contributed by atoms with Gasteiger partial charge in [0, 0.05) is 19.6 Å². The lowest BCUT2D eigenvalue weighted by molar-refractivity contribution is -0.137. The molecular formula is C14H17F3N2O2. The minimum atomic E-state index is -4.35. The maximum atomic E-state index is 12.4. The van der Waals surface area contributed by atoms with Crippen molar-refractivity contribution in [1.82, 2.24) is 10.6 Å².